The number of benzene rings is 1. The van der Waals surface area contributed by atoms with Crippen LogP contribution >= 0.6 is 0 Å². The smallest absolute Gasteiger partial charge is 0.350 e. The zero-order valence-electron chi connectivity index (χ0n) is 13.6. The van der Waals surface area contributed by atoms with Gasteiger partial charge in [-0.05, 0) is 24.3 Å². The highest BCUT2D eigenvalue weighted by Crippen LogP contribution is 2.23. The van der Waals surface area contributed by atoms with Crippen LogP contribution in [0.4, 0.5) is 5.69 Å². The van der Waals surface area contributed by atoms with Gasteiger partial charge in [0.15, 0.2) is 15.4 Å². The van der Waals surface area contributed by atoms with Gasteiger partial charge in [0.05, 0.1) is 16.7 Å². The van der Waals surface area contributed by atoms with Crippen molar-refractivity contribution in [3.8, 4) is 6.07 Å². The Morgan fingerprint density at radius 3 is 2.24 bits per heavy atom. The predicted molar refractivity (Wildman–Crippen MR) is 86.7 cm³/mol. The fourth-order valence-corrected chi connectivity index (χ4v) is 3.14. The highest BCUT2D eigenvalue weighted by molar-refractivity contribution is 7.91. The summed E-state index contributed by atoms with van der Waals surface area (Å²) in [6, 6.07) is 7.47. The van der Waals surface area contributed by atoms with Crippen molar-refractivity contribution in [2.45, 2.75) is 31.0 Å². The number of ether oxygens (including phenoxy) is 2. The molecule has 25 heavy (non-hydrogen) atoms. The maximum Gasteiger partial charge on any atom is 0.350 e. The first-order valence-electron chi connectivity index (χ1n) is 7.28. The molecule has 0 saturated carbocycles. The maximum atomic E-state index is 11.9. The third-order valence-electron chi connectivity index (χ3n) is 3.20. The average molecular weight is 364 g/mol. The zero-order chi connectivity index (χ0) is 18.7. The van der Waals surface area contributed by atoms with E-state index in [1.54, 1.807) is 6.07 Å². The van der Waals surface area contributed by atoms with Crippen LogP contribution in [0.15, 0.2) is 40.9 Å². The van der Waals surface area contributed by atoms with Gasteiger partial charge in [-0.25, -0.2) is 18.0 Å². The van der Waals surface area contributed by atoms with E-state index in [1.807, 2.05) is 0 Å². The second-order valence-corrected chi connectivity index (χ2v) is 7.74. The first-order chi connectivity index (χ1) is 11.6. The van der Waals surface area contributed by atoms with Gasteiger partial charge in [-0.2, -0.15) is 5.26 Å². The average Bonchev–Trinajstić information content (AvgIpc) is 2.51. The summed E-state index contributed by atoms with van der Waals surface area (Å²) in [6.45, 7) is 2.89. The number of nitrogens with one attached hydrogen (secondary N) is 1. The molecule has 8 nitrogen and oxygen atoms in total. The first kappa shape index (κ1) is 18.5. The number of carbonyl (C=O) groups excluding carboxylic acids is 2. The summed E-state index contributed by atoms with van der Waals surface area (Å²) in [4.78, 5) is 23.7. The van der Waals surface area contributed by atoms with Gasteiger partial charge in [-0.1, -0.05) is 0 Å². The largest absolute Gasteiger partial charge is 0.419 e. The lowest BCUT2D eigenvalue weighted by Crippen LogP contribution is -2.42. The first-order valence-corrected chi connectivity index (χ1v) is 8.93. The molecule has 0 atom stereocenters. The van der Waals surface area contributed by atoms with Crippen molar-refractivity contribution in [2.24, 2.45) is 0 Å². The zero-order valence-corrected chi connectivity index (χ0v) is 14.4. The quantitative estimate of drug-likeness (QED) is 0.474. The Hall–Kier alpha value is -2.86. The molecule has 1 aromatic rings. The van der Waals surface area contributed by atoms with Crippen molar-refractivity contribution in [3.05, 3.63) is 36.0 Å². The van der Waals surface area contributed by atoms with Gasteiger partial charge < -0.3 is 14.8 Å². The Bertz CT molecular complexity index is 841. The molecule has 0 bridgehead atoms. The number of anilines is 1. The van der Waals surface area contributed by atoms with Crippen LogP contribution in [0.3, 0.4) is 0 Å². The van der Waals surface area contributed by atoms with E-state index in [9.17, 15) is 18.0 Å². The number of carbonyl (C=O) groups is 2. The van der Waals surface area contributed by atoms with E-state index >= 15 is 0 Å². The highest BCUT2D eigenvalue weighted by atomic mass is 32.2. The van der Waals surface area contributed by atoms with E-state index in [-0.39, 0.29) is 22.6 Å². The molecule has 132 valence electrons. The standard InChI is InChI=1S/C16H16N2O6S/c1-16(2)23-14(19)13(15(20)24-16)10-18-11-4-6-12(7-5-11)25(21,22)9-3-8-17/h4-7,10,18H,3,9H2,1-2H3. The molecule has 0 radical (unpaired) electrons. The van der Waals surface area contributed by atoms with E-state index in [0.717, 1.165) is 6.20 Å². The number of nitriles is 1. The van der Waals surface area contributed by atoms with E-state index in [0.29, 0.717) is 5.69 Å². The normalized spacial score (nSPS) is 16.4. The van der Waals surface area contributed by atoms with Crippen molar-refractivity contribution in [3.63, 3.8) is 0 Å². The molecular weight excluding hydrogens is 348 g/mol. The molecule has 2 rings (SSSR count). The SMILES string of the molecule is CC1(C)OC(=O)C(=CNc2ccc(S(=O)(=O)CCC#N)cc2)C(=O)O1. The van der Waals surface area contributed by atoms with Gasteiger partial charge in [-0.15, -0.1) is 0 Å². The Balaban J connectivity index is 2.11. The van der Waals surface area contributed by atoms with Crippen LogP contribution in [0.25, 0.3) is 0 Å². The van der Waals surface area contributed by atoms with E-state index in [1.165, 1.54) is 38.1 Å². The Labute approximate surface area is 145 Å². The van der Waals surface area contributed by atoms with Crippen LogP contribution in [0.5, 0.6) is 0 Å². The molecular formula is C16H16N2O6S. The molecule has 9 heteroatoms. The molecule has 0 amide bonds. The predicted octanol–water partition coefficient (Wildman–Crippen LogP) is 1.51. The van der Waals surface area contributed by atoms with Crippen LogP contribution in [-0.2, 0) is 28.9 Å². The fraction of sp³-hybridized carbons (Fsp3) is 0.312. The minimum atomic E-state index is -3.52. The lowest BCUT2D eigenvalue weighted by atomic mass is 10.2. The summed E-state index contributed by atoms with van der Waals surface area (Å²) < 4.78 is 33.8. The Kier molecular flexibility index (Phi) is 5.13. The van der Waals surface area contributed by atoms with E-state index < -0.39 is 27.6 Å². The Morgan fingerprint density at radius 1 is 1.16 bits per heavy atom. The van der Waals surface area contributed by atoms with Gasteiger partial charge in [0.1, 0.15) is 0 Å². The third kappa shape index (κ3) is 4.58. The van der Waals surface area contributed by atoms with Crippen LogP contribution < -0.4 is 5.32 Å². The summed E-state index contributed by atoms with van der Waals surface area (Å²) >= 11 is 0. The number of esters is 2. The lowest BCUT2D eigenvalue weighted by molar-refractivity contribution is -0.222. The molecule has 1 N–H and O–H groups in total. The second-order valence-electron chi connectivity index (χ2n) is 5.63. The number of sulfone groups is 1. The van der Waals surface area contributed by atoms with E-state index in [4.69, 9.17) is 14.7 Å². The van der Waals surface area contributed by atoms with Gasteiger partial charge >= 0.3 is 11.9 Å². The summed E-state index contributed by atoms with van der Waals surface area (Å²) in [5, 5.41) is 11.2. The number of cyclic esters (lactones) is 2. The topological polar surface area (TPSA) is 123 Å². The summed E-state index contributed by atoms with van der Waals surface area (Å²) in [5.74, 6) is -3.20. The van der Waals surface area contributed by atoms with Crippen molar-refractivity contribution < 1.29 is 27.5 Å². The Morgan fingerprint density at radius 2 is 1.72 bits per heavy atom. The van der Waals surface area contributed by atoms with Crippen molar-refractivity contribution in [1.29, 1.82) is 5.26 Å². The van der Waals surface area contributed by atoms with Gasteiger partial charge in [-0.3, -0.25) is 0 Å². The number of hydrogen-bond acceptors (Lipinski definition) is 8. The molecule has 1 heterocycles. The molecule has 1 aromatic carbocycles. The number of rotatable bonds is 5. The molecule has 1 aliphatic rings. The molecule has 1 saturated heterocycles. The van der Waals surface area contributed by atoms with Crippen molar-refractivity contribution in [1.82, 2.24) is 0 Å². The van der Waals surface area contributed by atoms with Crippen molar-refractivity contribution >= 4 is 27.5 Å². The molecule has 1 aliphatic heterocycles. The summed E-state index contributed by atoms with van der Waals surface area (Å²) in [7, 11) is -3.52. The molecule has 0 unspecified atom stereocenters. The molecule has 0 spiro atoms. The van der Waals surface area contributed by atoms with Crippen LogP contribution in [0.1, 0.15) is 20.3 Å². The van der Waals surface area contributed by atoms with Gasteiger partial charge in [0.2, 0.25) is 0 Å². The minimum absolute atomic E-state index is 0.0826. The van der Waals surface area contributed by atoms with Crippen LogP contribution in [0.2, 0.25) is 0 Å². The minimum Gasteiger partial charge on any atom is -0.419 e. The molecule has 0 aromatic heterocycles. The third-order valence-corrected chi connectivity index (χ3v) is 4.93. The van der Waals surface area contributed by atoms with Crippen LogP contribution in [-0.4, -0.2) is 31.9 Å². The second kappa shape index (κ2) is 6.94. The summed E-state index contributed by atoms with van der Waals surface area (Å²) in [6.07, 6.45) is 1.05. The van der Waals surface area contributed by atoms with Crippen LogP contribution in [0, 0.1) is 11.3 Å². The maximum absolute atomic E-state index is 11.9. The summed E-state index contributed by atoms with van der Waals surface area (Å²) in [5.41, 5.74) is 0.155. The fourth-order valence-electron chi connectivity index (χ4n) is 1.99. The number of nitrogens with zero attached hydrogens (tertiary/aromatic N) is 1. The van der Waals surface area contributed by atoms with Gasteiger partial charge in [0, 0.05) is 32.2 Å². The lowest BCUT2D eigenvalue weighted by Gasteiger charge is -2.29. The van der Waals surface area contributed by atoms with Crippen molar-refractivity contribution in [2.75, 3.05) is 11.1 Å². The molecule has 1 fully saturated rings. The van der Waals surface area contributed by atoms with E-state index in [2.05, 4.69) is 5.32 Å². The monoisotopic (exact) mass is 364 g/mol. The highest BCUT2D eigenvalue weighted by Gasteiger charge is 2.38. The molecule has 0 aliphatic carbocycles. The van der Waals surface area contributed by atoms with Gasteiger partial charge in [0.25, 0.3) is 5.79 Å². The number of hydrogen-bond donors (Lipinski definition) is 1.